The summed E-state index contributed by atoms with van der Waals surface area (Å²) in [6.07, 6.45) is 6.78. The molecule has 2 N–H and O–H groups in total. The average molecular weight is 211 g/mol. The van der Waals surface area contributed by atoms with Crippen LogP contribution in [0.3, 0.4) is 0 Å². The zero-order valence-electron chi connectivity index (χ0n) is 8.12. The van der Waals surface area contributed by atoms with Crippen LogP contribution < -0.4 is 5.73 Å². The highest BCUT2D eigenvalue weighted by Gasteiger charge is 2.23. The molecule has 0 bridgehead atoms. The number of nitrogens with zero attached hydrogens (tertiary/aromatic N) is 1. The Labute approximate surface area is 89.5 Å². The van der Waals surface area contributed by atoms with Crippen LogP contribution in [0.1, 0.15) is 37.4 Å². The largest absolute Gasteiger partial charge is 0.322 e. The Bertz CT molecular complexity index is 291. The molecule has 1 aliphatic carbocycles. The van der Waals surface area contributed by atoms with E-state index >= 15 is 0 Å². The van der Waals surface area contributed by atoms with Gasteiger partial charge >= 0.3 is 0 Å². The summed E-state index contributed by atoms with van der Waals surface area (Å²) in [5.41, 5.74) is 7.12. The van der Waals surface area contributed by atoms with E-state index in [-0.39, 0.29) is 6.04 Å². The van der Waals surface area contributed by atoms with Crippen LogP contribution in [0.5, 0.6) is 0 Å². The van der Waals surface area contributed by atoms with Gasteiger partial charge in [-0.05, 0) is 30.9 Å². The summed E-state index contributed by atoms with van der Waals surface area (Å²) in [5.74, 6) is 0.615. The number of hydrogen-bond donors (Lipinski definition) is 1. The molecule has 0 spiro atoms. The lowest BCUT2D eigenvalue weighted by molar-refractivity contribution is 0.437. The smallest absolute Gasteiger partial charge is 0.0589 e. The fourth-order valence-electron chi connectivity index (χ4n) is 2.14. The first kappa shape index (κ1) is 9.94. The molecule has 14 heavy (non-hydrogen) atoms. The van der Waals surface area contributed by atoms with Crippen molar-refractivity contribution in [1.29, 1.82) is 0 Å². The summed E-state index contributed by atoms with van der Waals surface area (Å²) in [5, 5.41) is 0.673. The van der Waals surface area contributed by atoms with Gasteiger partial charge in [-0.1, -0.05) is 24.4 Å². The molecule has 2 rings (SSSR count). The van der Waals surface area contributed by atoms with Gasteiger partial charge in [0.05, 0.1) is 10.7 Å². The van der Waals surface area contributed by atoms with Gasteiger partial charge in [-0.2, -0.15) is 0 Å². The predicted molar refractivity (Wildman–Crippen MR) is 58.1 cm³/mol. The summed E-state index contributed by atoms with van der Waals surface area (Å²) < 4.78 is 0. The number of pyridine rings is 1. The predicted octanol–water partition coefficient (Wildman–Crippen LogP) is 2.93. The van der Waals surface area contributed by atoms with Crippen molar-refractivity contribution in [1.82, 2.24) is 4.98 Å². The lowest BCUT2D eigenvalue weighted by atomic mass is 9.96. The van der Waals surface area contributed by atoms with E-state index in [1.807, 2.05) is 12.1 Å². The summed E-state index contributed by atoms with van der Waals surface area (Å²) in [4.78, 5) is 4.27. The van der Waals surface area contributed by atoms with Gasteiger partial charge in [-0.25, -0.2) is 0 Å². The summed E-state index contributed by atoms with van der Waals surface area (Å²) in [7, 11) is 0. The van der Waals surface area contributed by atoms with Crippen LogP contribution in [0.4, 0.5) is 0 Å². The van der Waals surface area contributed by atoms with Crippen LogP contribution in [0.2, 0.25) is 5.02 Å². The molecule has 3 heteroatoms. The highest BCUT2D eigenvalue weighted by Crippen LogP contribution is 2.33. The van der Waals surface area contributed by atoms with Gasteiger partial charge in [-0.3, -0.25) is 4.98 Å². The maximum atomic E-state index is 6.14. The zero-order chi connectivity index (χ0) is 9.97. The van der Waals surface area contributed by atoms with Gasteiger partial charge < -0.3 is 5.73 Å². The van der Waals surface area contributed by atoms with Crippen LogP contribution in [0.15, 0.2) is 18.3 Å². The minimum Gasteiger partial charge on any atom is -0.322 e. The van der Waals surface area contributed by atoms with Gasteiger partial charge in [0.2, 0.25) is 0 Å². The quantitative estimate of drug-likeness (QED) is 0.815. The van der Waals surface area contributed by atoms with Crippen molar-refractivity contribution < 1.29 is 0 Å². The maximum Gasteiger partial charge on any atom is 0.0589 e. The van der Waals surface area contributed by atoms with E-state index in [1.165, 1.54) is 25.7 Å². The first-order chi connectivity index (χ1) is 6.77. The van der Waals surface area contributed by atoms with Gasteiger partial charge in [-0.15, -0.1) is 0 Å². The second-order valence-corrected chi connectivity index (χ2v) is 4.41. The Morgan fingerprint density at radius 1 is 1.36 bits per heavy atom. The van der Waals surface area contributed by atoms with E-state index in [0.29, 0.717) is 10.9 Å². The Hall–Kier alpha value is -0.600. The molecule has 0 aliphatic heterocycles. The maximum absolute atomic E-state index is 6.14. The normalized spacial score (nSPS) is 19.9. The van der Waals surface area contributed by atoms with Crippen LogP contribution in [0, 0.1) is 5.92 Å². The molecule has 0 aromatic carbocycles. The number of aromatic nitrogens is 1. The number of hydrogen-bond acceptors (Lipinski definition) is 2. The molecule has 1 atom stereocenters. The molecule has 1 unspecified atom stereocenters. The molecule has 76 valence electrons. The van der Waals surface area contributed by atoms with Gasteiger partial charge in [0, 0.05) is 12.2 Å². The Morgan fingerprint density at radius 3 is 2.64 bits per heavy atom. The highest BCUT2D eigenvalue weighted by molar-refractivity contribution is 6.30. The molecule has 0 radical (unpaired) electrons. The van der Waals surface area contributed by atoms with Gasteiger partial charge in [0.1, 0.15) is 0 Å². The SMILES string of the molecule is NC(c1ccc(Cl)cn1)C1CCCC1. The van der Waals surface area contributed by atoms with Crippen LogP contribution in [-0.4, -0.2) is 4.98 Å². The van der Waals surface area contributed by atoms with E-state index in [2.05, 4.69) is 4.98 Å². The van der Waals surface area contributed by atoms with Crippen LogP contribution >= 0.6 is 11.6 Å². The minimum atomic E-state index is 0.0924. The fraction of sp³-hybridized carbons (Fsp3) is 0.545. The second kappa shape index (κ2) is 4.28. The topological polar surface area (TPSA) is 38.9 Å². The molecule has 1 aromatic heterocycles. The number of halogens is 1. The van der Waals surface area contributed by atoms with E-state index in [4.69, 9.17) is 17.3 Å². The average Bonchev–Trinajstić information content (AvgIpc) is 2.71. The molecule has 2 nitrogen and oxygen atoms in total. The molecule has 1 aliphatic rings. The lowest BCUT2D eigenvalue weighted by Gasteiger charge is -2.17. The monoisotopic (exact) mass is 210 g/mol. The van der Waals surface area contributed by atoms with Crippen LogP contribution in [-0.2, 0) is 0 Å². The van der Waals surface area contributed by atoms with Gasteiger partial charge in [0.15, 0.2) is 0 Å². The first-order valence-electron chi connectivity index (χ1n) is 5.14. The van der Waals surface area contributed by atoms with Crippen molar-refractivity contribution in [2.45, 2.75) is 31.7 Å². The third-order valence-corrected chi connectivity index (χ3v) is 3.22. The first-order valence-corrected chi connectivity index (χ1v) is 5.52. The summed E-state index contributed by atoms with van der Waals surface area (Å²) in [6, 6.07) is 3.89. The molecule has 1 heterocycles. The molecule has 1 saturated carbocycles. The highest BCUT2D eigenvalue weighted by atomic mass is 35.5. The lowest BCUT2D eigenvalue weighted by Crippen LogP contribution is -2.20. The van der Waals surface area contributed by atoms with E-state index in [1.54, 1.807) is 6.20 Å². The van der Waals surface area contributed by atoms with Crippen LogP contribution in [0.25, 0.3) is 0 Å². The van der Waals surface area contributed by atoms with E-state index in [9.17, 15) is 0 Å². The molecule has 0 saturated heterocycles. The standard InChI is InChI=1S/C11H15ClN2/c12-9-5-6-10(14-7-9)11(13)8-3-1-2-4-8/h5-8,11H,1-4,13H2. The summed E-state index contributed by atoms with van der Waals surface area (Å²) >= 11 is 5.77. The Morgan fingerprint density at radius 2 is 2.07 bits per heavy atom. The molecular weight excluding hydrogens is 196 g/mol. The molecule has 1 aromatic rings. The third kappa shape index (κ3) is 2.07. The Balaban J connectivity index is 2.09. The van der Waals surface area contributed by atoms with Crippen molar-refractivity contribution in [2.24, 2.45) is 11.7 Å². The number of nitrogens with two attached hydrogens (primary N) is 1. The third-order valence-electron chi connectivity index (χ3n) is 3.00. The number of rotatable bonds is 2. The minimum absolute atomic E-state index is 0.0924. The molecule has 1 fully saturated rings. The van der Waals surface area contributed by atoms with E-state index < -0.39 is 0 Å². The second-order valence-electron chi connectivity index (χ2n) is 3.97. The van der Waals surface area contributed by atoms with Crippen molar-refractivity contribution in [3.05, 3.63) is 29.0 Å². The van der Waals surface area contributed by atoms with Crippen molar-refractivity contribution in [2.75, 3.05) is 0 Å². The molecular formula is C11H15ClN2. The van der Waals surface area contributed by atoms with Crippen molar-refractivity contribution in [3.8, 4) is 0 Å². The zero-order valence-corrected chi connectivity index (χ0v) is 8.87. The summed E-state index contributed by atoms with van der Waals surface area (Å²) in [6.45, 7) is 0. The Kier molecular flexibility index (Phi) is 3.04. The van der Waals surface area contributed by atoms with Crippen molar-refractivity contribution in [3.63, 3.8) is 0 Å². The van der Waals surface area contributed by atoms with E-state index in [0.717, 1.165) is 5.69 Å². The van der Waals surface area contributed by atoms with Crippen molar-refractivity contribution >= 4 is 11.6 Å². The fourth-order valence-corrected chi connectivity index (χ4v) is 2.25. The molecule has 0 amide bonds. The van der Waals surface area contributed by atoms with Gasteiger partial charge in [0.25, 0.3) is 0 Å².